The van der Waals surface area contributed by atoms with Crippen LogP contribution in [0.1, 0.15) is 40.0 Å². The summed E-state index contributed by atoms with van der Waals surface area (Å²) < 4.78 is 10.4. The number of hydrogen-bond donors (Lipinski definition) is 1. The lowest BCUT2D eigenvalue weighted by Crippen LogP contribution is -2.37. The first kappa shape index (κ1) is 15.9. The summed E-state index contributed by atoms with van der Waals surface area (Å²) in [5.74, 6) is 0. The fraction of sp³-hybridized carbons (Fsp3) is 1.00. The molecule has 3 nitrogen and oxygen atoms in total. The topological polar surface area (TPSA) is 30.5 Å². The van der Waals surface area contributed by atoms with E-state index in [2.05, 4.69) is 26.1 Å². The van der Waals surface area contributed by atoms with E-state index in [0.29, 0.717) is 11.5 Å². The summed E-state index contributed by atoms with van der Waals surface area (Å²) in [5.41, 5.74) is 0.364. The van der Waals surface area contributed by atoms with E-state index in [1.807, 2.05) is 0 Å². The van der Waals surface area contributed by atoms with Crippen LogP contribution in [-0.2, 0) is 9.47 Å². The Kier molecular flexibility index (Phi) is 8.90. The van der Waals surface area contributed by atoms with Crippen molar-refractivity contribution in [1.29, 1.82) is 0 Å². The van der Waals surface area contributed by atoms with Crippen LogP contribution in [0.2, 0.25) is 0 Å². The molecule has 0 bridgehead atoms. The maximum Gasteiger partial charge on any atom is 0.0587 e. The van der Waals surface area contributed by atoms with Gasteiger partial charge in [-0.2, -0.15) is 0 Å². The van der Waals surface area contributed by atoms with Crippen molar-refractivity contribution in [3.8, 4) is 0 Å². The highest BCUT2D eigenvalue weighted by Gasteiger charge is 2.27. The Morgan fingerprint density at radius 2 is 1.81 bits per heavy atom. The zero-order valence-electron chi connectivity index (χ0n) is 11.6. The third-order valence-electron chi connectivity index (χ3n) is 3.61. The molecular formula is C13H29NO2. The second kappa shape index (κ2) is 8.97. The van der Waals surface area contributed by atoms with Gasteiger partial charge in [0.2, 0.25) is 0 Å². The van der Waals surface area contributed by atoms with E-state index in [1.54, 1.807) is 14.2 Å². The molecule has 16 heavy (non-hydrogen) atoms. The summed E-state index contributed by atoms with van der Waals surface area (Å²) in [7, 11) is 3.53. The largest absolute Gasteiger partial charge is 0.383 e. The van der Waals surface area contributed by atoms with Crippen molar-refractivity contribution in [3.05, 3.63) is 0 Å². The molecule has 0 aliphatic heterocycles. The van der Waals surface area contributed by atoms with Gasteiger partial charge >= 0.3 is 0 Å². The highest BCUT2D eigenvalue weighted by atomic mass is 16.5. The van der Waals surface area contributed by atoms with Gasteiger partial charge in [-0.1, -0.05) is 13.8 Å². The van der Waals surface area contributed by atoms with Crippen LogP contribution < -0.4 is 5.32 Å². The van der Waals surface area contributed by atoms with Crippen LogP contribution in [-0.4, -0.2) is 40.0 Å². The van der Waals surface area contributed by atoms with Crippen LogP contribution in [0.25, 0.3) is 0 Å². The third kappa shape index (κ3) is 5.83. The van der Waals surface area contributed by atoms with E-state index in [0.717, 1.165) is 26.1 Å². The smallest absolute Gasteiger partial charge is 0.0587 e. The molecule has 0 heterocycles. The quantitative estimate of drug-likeness (QED) is 0.586. The maximum atomic E-state index is 5.38. The second-order valence-corrected chi connectivity index (χ2v) is 4.63. The molecule has 0 radical (unpaired) electrons. The minimum Gasteiger partial charge on any atom is -0.383 e. The Morgan fingerprint density at radius 3 is 2.25 bits per heavy atom. The lowest BCUT2D eigenvalue weighted by atomic mass is 9.77. The molecule has 0 aromatic carbocycles. The number of methoxy groups -OCH3 is 2. The first-order valence-corrected chi connectivity index (χ1v) is 6.36. The molecule has 0 saturated carbocycles. The molecular weight excluding hydrogens is 202 g/mol. The van der Waals surface area contributed by atoms with E-state index in [9.17, 15) is 0 Å². The van der Waals surface area contributed by atoms with Crippen LogP contribution in [0.3, 0.4) is 0 Å². The monoisotopic (exact) mass is 231 g/mol. The molecule has 1 N–H and O–H groups in total. The number of nitrogens with one attached hydrogen (secondary N) is 1. The minimum absolute atomic E-state index is 0.337. The molecule has 0 rings (SSSR count). The Bertz CT molecular complexity index is 158. The molecule has 0 aliphatic rings. The zero-order chi connectivity index (χ0) is 12.4. The molecule has 0 fully saturated rings. The fourth-order valence-electron chi connectivity index (χ4n) is 2.08. The van der Waals surface area contributed by atoms with Gasteiger partial charge in [0.05, 0.1) is 12.7 Å². The molecule has 0 aromatic rings. The standard InChI is InChI=1S/C13H29NO2/c1-6-13(7-2,10-12(3)16-5)11-14-8-9-15-4/h12,14H,6-11H2,1-5H3. The predicted octanol–water partition coefficient (Wildman–Crippen LogP) is 2.45. The van der Waals surface area contributed by atoms with Crippen LogP contribution in [0.4, 0.5) is 0 Å². The summed E-state index contributed by atoms with van der Waals surface area (Å²) in [6, 6.07) is 0. The van der Waals surface area contributed by atoms with Crippen molar-refractivity contribution >= 4 is 0 Å². The minimum atomic E-state index is 0.337. The molecule has 0 saturated heterocycles. The van der Waals surface area contributed by atoms with Gasteiger partial charge in [0.25, 0.3) is 0 Å². The fourth-order valence-corrected chi connectivity index (χ4v) is 2.08. The van der Waals surface area contributed by atoms with Crippen molar-refractivity contribution < 1.29 is 9.47 Å². The van der Waals surface area contributed by atoms with E-state index in [-0.39, 0.29) is 0 Å². The lowest BCUT2D eigenvalue weighted by Gasteiger charge is -2.34. The van der Waals surface area contributed by atoms with Crippen molar-refractivity contribution in [1.82, 2.24) is 5.32 Å². The van der Waals surface area contributed by atoms with Gasteiger partial charge in [-0.3, -0.25) is 0 Å². The Hall–Kier alpha value is -0.120. The average Bonchev–Trinajstić information content (AvgIpc) is 2.33. The van der Waals surface area contributed by atoms with E-state index in [1.165, 1.54) is 12.8 Å². The zero-order valence-corrected chi connectivity index (χ0v) is 11.6. The third-order valence-corrected chi connectivity index (χ3v) is 3.61. The van der Waals surface area contributed by atoms with Crippen LogP contribution in [0.15, 0.2) is 0 Å². The highest BCUT2D eigenvalue weighted by molar-refractivity contribution is 4.81. The second-order valence-electron chi connectivity index (χ2n) is 4.63. The van der Waals surface area contributed by atoms with Gasteiger partial charge in [0.15, 0.2) is 0 Å². The molecule has 0 spiro atoms. The SMILES string of the molecule is CCC(CC)(CNCCOC)CC(C)OC. The van der Waals surface area contributed by atoms with E-state index < -0.39 is 0 Å². The van der Waals surface area contributed by atoms with Gasteiger partial charge in [-0.05, 0) is 31.6 Å². The van der Waals surface area contributed by atoms with Crippen LogP contribution in [0.5, 0.6) is 0 Å². The highest BCUT2D eigenvalue weighted by Crippen LogP contribution is 2.31. The number of hydrogen-bond acceptors (Lipinski definition) is 3. The van der Waals surface area contributed by atoms with Gasteiger partial charge in [-0.25, -0.2) is 0 Å². The van der Waals surface area contributed by atoms with Crippen molar-refractivity contribution in [2.75, 3.05) is 33.9 Å². The summed E-state index contributed by atoms with van der Waals surface area (Å²) in [6.45, 7) is 9.45. The van der Waals surface area contributed by atoms with Gasteiger partial charge < -0.3 is 14.8 Å². The maximum absolute atomic E-state index is 5.38. The van der Waals surface area contributed by atoms with Gasteiger partial charge in [-0.15, -0.1) is 0 Å². The first-order valence-electron chi connectivity index (χ1n) is 6.36. The summed E-state index contributed by atoms with van der Waals surface area (Å²) in [5, 5.41) is 3.48. The van der Waals surface area contributed by atoms with Crippen molar-refractivity contribution in [2.24, 2.45) is 5.41 Å². The Morgan fingerprint density at radius 1 is 1.19 bits per heavy atom. The number of rotatable bonds is 10. The molecule has 0 amide bonds. The Balaban J connectivity index is 4.10. The van der Waals surface area contributed by atoms with Gasteiger partial charge in [0.1, 0.15) is 0 Å². The van der Waals surface area contributed by atoms with E-state index >= 15 is 0 Å². The van der Waals surface area contributed by atoms with E-state index in [4.69, 9.17) is 9.47 Å². The van der Waals surface area contributed by atoms with Crippen LogP contribution in [0, 0.1) is 5.41 Å². The van der Waals surface area contributed by atoms with Gasteiger partial charge in [0, 0.05) is 27.3 Å². The lowest BCUT2D eigenvalue weighted by molar-refractivity contribution is 0.0581. The molecule has 0 aliphatic carbocycles. The first-order chi connectivity index (χ1) is 7.64. The Labute approximate surface area is 101 Å². The predicted molar refractivity (Wildman–Crippen MR) is 68.8 cm³/mol. The molecule has 0 aromatic heterocycles. The molecule has 3 heteroatoms. The summed E-state index contributed by atoms with van der Waals surface area (Å²) in [4.78, 5) is 0. The molecule has 1 unspecified atom stereocenters. The summed E-state index contributed by atoms with van der Waals surface area (Å²) >= 11 is 0. The van der Waals surface area contributed by atoms with Crippen molar-refractivity contribution in [2.45, 2.75) is 46.1 Å². The molecule has 98 valence electrons. The normalized spacial score (nSPS) is 14.1. The molecule has 1 atom stereocenters. The summed E-state index contributed by atoms with van der Waals surface area (Å²) in [6.07, 6.45) is 3.84. The van der Waals surface area contributed by atoms with Crippen LogP contribution >= 0.6 is 0 Å². The van der Waals surface area contributed by atoms with Crippen molar-refractivity contribution in [3.63, 3.8) is 0 Å². The number of ether oxygens (including phenoxy) is 2. The average molecular weight is 231 g/mol.